The summed E-state index contributed by atoms with van der Waals surface area (Å²) in [5, 5.41) is 0. The van der Waals surface area contributed by atoms with E-state index in [4.69, 9.17) is 5.73 Å². The molecule has 0 saturated heterocycles. The first kappa shape index (κ1) is 10.5. The fraction of sp³-hybridized carbons (Fsp3) is 1.00. The summed E-state index contributed by atoms with van der Waals surface area (Å²) in [7, 11) is 0. The Kier molecular flexibility index (Phi) is 3.86. The molecule has 2 unspecified atom stereocenters. The molecule has 0 aromatic heterocycles. The van der Waals surface area contributed by atoms with Crippen LogP contribution in [0.15, 0.2) is 0 Å². The zero-order chi connectivity index (χ0) is 9.80. The summed E-state index contributed by atoms with van der Waals surface area (Å²) in [5.41, 5.74) is 6.10. The van der Waals surface area contributed by atoms with Crippen LogP contribution in [0.25, 0.3) is 0 Å². The Morgan fingerprint density at radius 2 is 1.36 bits per heavy atom. The van der Waals surface area contributed by atoms with Gasteiger partial charge in [-0.25, -0.2) is 0 Å². The van der Waals surface area contributed by atoms with Crippen LogP contribution < -0.4 is 5.73 Å². The van der Waals surface area contributed by atoms with Crippen molar-refractivity contribution in [1.82, 2.24) is 0 Å². The van der Waals surface area contributed by atoms with Crippen molar-refractivity contribution >= 4 is 0 Å². The summed E-state index contributed by atoms with van der Waals surface area (Å²) >= 11 is 0. The lowest BCUT2D eigenvalue weighted by Gasteiger charge is -2.20. The molecule has 82 valence electrons. The average Bonchev–Trinajstić information content (AvgIpc) is 2.56. The van der Waals surface area contributed by atoms with E-state index in [-0.39, 0.29) is 0 Å². The van der Waals surface area contributed by atoms with Gasteiger partial charge in [-0.1, -0.05) is 44.9 Å². The Morgan fingerprint density at radius 1 is 0.786 bits per heavy atom. The Balaban J connectivity index is 1.77. The van der Waals surface area contributed by atoms with Crippen LogP contribution in [0, 0.1) is 11.8 Å². The Hall–Kier alpha value is -0.0400. The summed E-state index contributed by atoms with van der Waals surface area (Å²) in [5.74, 6) is 2.03. The Bertz CT molecular complexity index is 161. The molecule has 0 bridgehead atoms. The van der Waals surface area contributed by atoms with Crippen molar-refractivity contribution in [1.29, 1.82) is 0 Å². The van der Waals surface area contributed by atoms with Crippen molar-refractivity contribution in [2.75, 3.05) is 0 Å². The van der Waals surface area contributed by atoms with Gasteiger partial charge in [0.2, 0.25) is 0 Å². The molecule has 0 heterocycles. The number of hydrogen-bond acceptors (Lipinski definition) is 1. The summed E-state index contributed by atoms with van der Waals surface area (Å²) < 4.78 is 0. The summed E-state index contributed by atoms with van der Waals surface area (Å²) in [6.07, 6.45) is 14.4. The highest BCUT2D eigenvalue weighted by Crippen LogP contribution is 2.35. The zero-order valence-electron chi connectivity index (χ0n) is 9.38. The average molecular weight is 195 g/mol. The largest absolute Gasteiger partial charge is 0.328 e. The van der Waals surface area contributed by atoms with E-state index in [2.05, 4.69) is 0 Å². The maximum absolute atomic E-state index is 6.10. The molecule has 2 aliphatic rings. The molecule has 2 atom stereocenters. The number of nitrogens with two attached hydrogens (primary N) is 1. The molecular weight excluding hydrogens is 170 g/mol. The van der Waals surface area contributed by atoms with Crippen LogP contribution in [-0.4, -0.2) is 6.04 Å². The lowest BCUT2D eigenvalue weighted by Crippen LogP contribution is -2.22. The molecule has 0 amide bonds. The molecule has 0 aliphatic heterocycles. The van der Waals surface area contributed by atoms with E-state index in [1.165, 1.54) is 64.2 Å². The van der Waals surface area contributed by atoms with E-state index in [1.54, 1.807) is 0 Å². The lowest BCUT2D eigenvalue weighted by atomic mass is 9.87. The van der Waals surface area contributed by atoms with Crippen molar-refractivity contribution in [2.24, 2.45) is 17.6 Å². The summed E-state index contributed by atoms with van der Waals surface area (Å²) in [6.45, 7) is 0. The van der Waals surface area contributed by atoms with Gasteiger partial charge >= 0.3 is 0 Å². The van der Waals surface area contributed by atoms with E-state index in [9.17, 15) is 0 Å². The van der Waals surface area contributed by atoms with E-state index in [0.29, 0.717) is 6.04 Å². The number of hydrogen-bond donors (Lipinski definition) is 1. The van der Waals surface area contributed by atoms with Crippen LogP contribution in [0.1, 0.15) is 64.2 Å². The van der Waals surface area contributed by atoms with Crippen LogP contribution in [0.5, 0.6) is 0 Å². The number of rotatable bonds is 2. The second-order valence-electron chi connectivity index (χ2n) is 5.53. The molecule has 0 radical (unpaired) electrons. The third-order valence-electron chi connectivity index (χ3n) is 4.21. The SMILES string of the molecule is NC1CCCCC(CC2CCCC2)C1. The molecule has 2 rings (SSSR count). The molecule has 1 heteroatoms. The minimum absolute atomic E-state index is 0.518. The first-order valence-electron chi connectivity index (χ1n) is 6.60. The van der Waals surface area contributed by atoms with Gasteiger partial charge in [-0.15, -0.1) is 0 Å². The van der Waals surface area contributed by atoms with Crippen molar-refractivity contribution in [3.8, 4) is 0 Å². The van der Waals surface area contributed by atoms with Crippen molar-refractivity contribution in [3.63, 3.8) is 0 Å². The second-order valence-corrected chi connectivity index (χ2v) is 5.53. The van der Waals surface area contributed by atoms with Crippen molar-refractivity contribution < 1.29 is 0 Å². The minimum Gasteiger partial charge on any atom is -0.328 e. The van der Waals surface area contributed by atoms with E-state index in [1.807, 2.05) is 0 Å². The first-order valence-corrected chi connectivity index (χ1v) is 6.60. The lowest BCUT2D eigenvalue weighted by molar-refractivity contribution is 0.332. The van der Waals surface area contributed by atoms with Crippen molar-refractivity contribution in [3.05, 3.63) is 0 Å². The molecule has 0 aromatic rings. The Labute approximate surface area is 88.4 Å². The van der Waals surface area contributed by atoms with Crippen LogP contribution in [0.3, 0.4) is 0 Å². The van der Waals surface area contributed by atoms with E-state index < -0.39 is 0 Å². The monoisotopic (exact) mass is 195 g/mol. The van der Waals surface area contributed by atoms with Crippen LogP contribution in [-0.2, 0) is 0 Å². The highest BCUT2D eigenvalue weighted by Gasteiger charge is 2.23. The second kappa shape index (κ2) is 5.16. The molecule has 0 spiro atoms. The molecule has 2 saturated carbocycles. The maximum atomic E-state index is 6.10. The van der Waals surface area contributed by atoms with Gasteiger partial charge in [0.25, 0.3) is 0 Å². The molecule has 2 aliphatic carbocycles. The molecule has 2 fully saturated rings. The third kappa shape index (κ3) is 2.98. The maximum Gasteiger partial charge on any atom is 0.00414 e. The molecular formula is C13H25N. The highest BCUT2D eigenvalue weighted by atomic mass is 14.6. The van der Waals surface area contributed by atoms with Gasteiger partial charge in [-0.3, -0.25) is 0 Å². The molecule has 2 N–H and O–H groups in total. The van der Waals surface area contributed by atoms with Gasteiger partial charge in [0.05, 0.1) is 0 Å². The summed E-state index contributed by atoms with van der Waals surface area (Å²) in [4.78, 5) is 0. The van der Waals surface area contributed by atoms with Gasteiger partial charge in [0, 0.05) is 6.04 Å². The van der Waals surface area contributed by atoms with Gasteiger partial charge in [-0.05, 0) is 31.1 Å². The zero-order valence-corrected chi connectivity index (χ0v) is 9.38. The molecule has 1 nitrogen and oxygen atoms in total. The van der Waals surface area contributed by atoms with Gasteiger partial charge < -0.3 is 5.73 Å². The quantitative estimate of drug-likeness (QED) is 0.671. The predicted molar refractivity (Wildman–Crippen MR) is 61.1 cm³/mol. The topological polar surface area (TPSA) is 26.0 Å². The smallest absolute Gasteiger partial charge is 0.00414 e. The third-order valence-corrected chi connectivity index (χ3v) is 4.21. The van der Waals surface area contributed by atoms with Crippen LogP contribution in [0.2, 0.25) is 0 Å². The fourth-order valence-electron chi connectivity index (χ4n) is 3.43. The van der Waals surface area contributed by atoms with Crippen molar-refractivity contribution in [2.45, 2.75) is 70.3 Å². The molecule has 14 heavy (non-hydrogen) atoms. The normalized spacial score (nSPS) is 35.8. The highest BCUT2D eigenvalue weighted by molar-refractivity contribution is 4.77. The fourth-order valence-corrected chi connectivity index (χ4v) is 3.43. The van der Waals surface area contributed by atoms with Gasteiger partial charge in [0.1, 0.15) is 0 Å². The van der Waals surface area contributed by atoms with Crippen LogP contribution in [0.4, 0.5) is 0 Å². The first-order chi connectivity index (χ1) is 6.84. The summed E-state index contributed by atoms with van der Waals surface area (Å²) in [6, 6.07) is 0.518. The standard InChI is InChI=1S/C13H25N/c14-13-8-4-3-7-12(10-13)9-11-5-1-2-6-11/h11-13H,1-10,14H2. The van der Waals surface area contributed by atoms with Crippen LogP contribution >= 0.6 is 0 Å². The Morgan fingerprint density at radius 3 is 2.07 bits per heavy atom. The van der Waals surface area contributed by atoms with Gasteiger partial charge in [0.15, 0.2) is 0 Å². The van der Waals surface area contributed by atoms with E-state index >= 15 is 0 Å². The predicted octanol–water partition coefficient (Wildman–Crippen LogP) is 3.47. The minimum atomic E-state index is 0.518. The van der Waals surface area contributed by atoms with E-state index in [0.717, 1.165) is 11.8 Å². The molecule has 0 aromatic carbocycles. The van der Waals surface area contributed by atoms with Gasteiger partial charge in [-0.2, -0.15) is 0 Å².